The van der Waals surface area contributed by atoms with Gasteiger partial charge in [0, 0.05) is 32.4 Å². The molecule has 72 valence electrons. The van der Waals surface area contributed by atoms with Crippen molar-refractivity contribution in [1.82, 2.24) is 10.2 Å². The summed E-state index contributed by atoms with van der Waals surface area (Å²) in [6, 6.07) is 0. The molecule has 0 atom stereocenters. The Morgan fingerprint density at radius 3 is 2.77 bits per heavy atom. The largest absolute Gasteiger partial charge is 0.393 e. The molecule has 0 spiro atoms. The van der Waals surface area contributed by atoms with Crippen LogP contribution in [-0.2, 0) is 9.59 Å². The summed E-state index contributed by atoms with van der Waals surface area (Å²) in [5.74, 6) is -0.803. The fourth-order valence-electron chi connectivity index (χ4n) is 1.44. The van der Waals surface area contributed by atoms with E-state index in [0.717, 1.165) is 18.5 Å². The molecule has 1 saturated heterocycles. The van der Waals surface area contributed by atoms with E-state index < -0.39 is 11.7 Å². The van der Waals surface area contributed by atoms with Gasteiger partial charge in [-0.1, -0.05) is 0 Å². The SMILES string of the molecule is CN/C=C1\CCCN1C(=O)C(C)=O. The normalized spacial score (nSPS) is 19.2. The lowest BCUT2D eigenvalue weighted by molar-refractivity contribution is -0.141. The highest BCUT2D eigenvalue weighted by Gasteiger charge is 2.25. The molecule has 1 aliphatic rings. The summed E-state index contributed by atoms with van der Waals surface area (Å²) in [6.45, 7) is 1.96. The third kappa shape index (κ3) is 2.08. The first-order chi connectivity index (χ1) is 6.16. The van der Waals surface area contributed by atoms with Crippen molar-refractivity contribution >= 4 is 11.7 Å². The molecule has 1 heterocycles. The molecule has 0 radical (unpaired) electrons. The molecular weight excluding hydrogens is 168 g/mol. The highest BCUT2D eigenvalue weighted by Crippen LogP contribution is 2.20. The number of nitrogens with zero attached hydrogens (tertiary/aromatic N) is 1. The number of amides is 1. The van der Waals surface area contributed by atoms with Crippen LogP contribution in [0.15, 0.2) is 11.9 Å². The third-order valence-electron chi connectivity index (χ3n) is 2.02. The minimum atomic E-state index is -0.404. The third-order valence-corrected chi connectivity index (χ3v) is 2.02. The van der Waals surface area contributed by atoms with Crippen molar-refractivity contribution in [3.8, 4) is 0 Å². The summed E-state index contributed by atoms with van der Waals surface area (Å²) in [6.07, 6.45) is 3.57. The molecule has 0 bridgehead atoms. The minimum Gasteiger partial charge on any atom is -0.393 e. The summed E-state index contributed by atoms with van der Waals surface area (Å²) in [4.78, 5) is 23.7. The van der Waals surface area contributed by atoms with Crippen LogP contribution in [0.1, 0.15) is 19.8 Å². The van der Waals surface area contributed by atoms with Crippen molar-refractivity contribution in [1.29, 1.82) is 0 Å². The van der Waals surface area contributed by atoms with E-state index in [1.54, 1.807) is 18.1 Å². The quantitative estimate of drug-likeness (QED) is 0.623. The smallest absolute Gasteiger partial charge is 0.293 e. The number of Topliss-reactive ketones (excluding diaryl/α,β-unsaturated/α-hetero) is 1. The zero-order valence-corrected chi connectivity index (χ0v) is 7.96. The first kappa shape index (κ1) is 9.77. The molecule has 1 rings (SSSR count). The fraction of sp³-hybridized carbons (Fsp3) is 0.556. The van der Waals surface area contributed by atoms with Gasteiger partial charge in [0.2, 0.25) is 5.78 Å². The van der Waals surface area contributed by atoms with Crippen LogP contribution in [-0.4, -0.2) is 30.2 Å². The number of carbonyl (C=O) groups excluding carboxylic acids is 2. The van der Waals surface area contributed by atoms with Gasteiger partial charge in [-0.15, -0.1) is 0 Å². The van der Waals surface area contributed by atoms with E-state index in [1.807, 2.05) is 0 Å². The zero-order chi connectivity index (χ0) is 9.84. The molecule has 4 nitrogen and oxygen atoms in total. The summed E-state index contributed by atoms with van der Waals surface area (Å²) >= 11 is 0. The van der Waals surface area contributed by atoms with Crippen molar-refractivity contribution in [2.75, 3.05) is 13.6 Å². The predicted octanol–water partition coefficient (Wildman–Crippen LogP) is 0.259. The second-order valence-corrected chi connectivity index (χ2v) is 3.04. The Kier molecular flexibility index (Phi) is 3.06. The topological polar surface area (TPSA) is 49.4 Å². The number of nitrogens with one attached hydrogen (secondary N) is 1. The van der Waals surface area contributed by atoms with Gasteiger partial charge in [-0.05, 0) is 12.8 Å². The number of likely N-dealkylation sites (tertiary alicyclic amines) is 1. The standard InChI is InChI=1S/C9H14N2O2/c1-7(12)9(13)11-5-3-4-8(11)6-10-2/h6,10H,3-5H2,1-2H3/b8-6+. The molecule has 1 aliphatic heterocycles. The maximum atomic E-state index is 11.3. The Bertz CT molecular complexity index is 258. The van der Waals surface area contributed by atoms with Crippen LogP contribution in [0.25, 0.3) is 0 Å². The van der Waals surface area contributed by atoms with Crippen molar-refractivity contribution in [2.45, 2.75) is 19.8 Å². The number of allylic oxidation sites excluding steroid dienone is 1. The Balaban J connectivity index is 2.74. The first-order valence-corrected chi connectivity index (χ1v) is 4.35. The molecule has 1 N–H and O–H groups in total. The lowest BCUT2D eigenvalue weighted by atomic mass is 10.3. The summed E-state index contributed by atoms with van der Waals surface area (Å²) in [5.41, 5.74) is 0.905. The van der Waals surface area contributed by atoms with Crippen LogP contribution < -0.4 is 5.32 Å². The fourth-order valence-corrected chi connectivity index (χ4v) is 1.44. The van der Waals surface area contributed by atoms with E-state index in [-0.39, 0.29) is 0 Å². The molecular formula is C9H14N2O2. The lowest BCUT2D eigenvalue weighted by Crippen LogP contribution is -2.32. The molecule has 1 amide bonds. The van der Waals surface area contributed by atoms with E-state index in [2.05, 4.69) is 5.32 Å². The lowest BCUT2D eigenvalue weighted by Gasteiger charge is -2.15. The van der Waals surface area contributed by atoms with Crippen molar-refractivity contribution < 1.29 is 9.59 Å². The number of ketones is 1. The van der Waals surface area contributed by atoms with Crippen LogP contribution >= 0.6 is 0 Å². The minimum absolute atomic E-state index is 0.399. The van der Waals surface area contributed by atoms with E-state index >= 15 is 0 Å². The zero-order valence-electron chi connectivity index (χ0n) is 7.96. The molecule has 0 aliphatic carbocycles. The Labute approximate surface area is 77.6 Å². The molecule has 0 aromatic carbocycles. The maximum absolute atomic E-state index is 11.3. The molecule has 0 saturated carbocycles. The van der Waals surface area contributed by atoms with Gasteiger partial charge in [0.05, 0.1) is 0 Å². The van der Waals surface area contributed by atoms with E-state index in [0.29, 0.717) is 6.54 Å². The van der Waals surface area contributed by atoms with Gasteiger partial charge in [-0.2, -0.15) is 0 Å². The van der Waals surface area contributed by atoms with Crippen LogP contribution in [0.4, 0.5) is 0 Å². The summed E-state index contributed by atoms with van der Waals surface area (Å²) in [5, 5.41) is 2.87. The van der Waals surface area contributed by atoms with Crippen LogP contribution in [0, 0.1) is 0 Å². The first-order valence-electron chi connectivity index (χ1n) is 4.35. The molecule has 0 aromatic rings. The van der Waals surface area contributed by atoms with Crippen LogP contribution in [0.3, 0.4) is 0 Å². The summed E-state index contributed by atoms with van der Waals surface area (Å²) in [7, 11) is 1.78. The van der Waals surface area contributed by atoms with Crippen molar-refractivity contribution in [3.05, 3.63) is 11.9 Å². The number of hydrogen-bond acceptors (Lipinski definition) is 3. The predicted molar refractivity (Wildman–Crippen MR) is 48.8 cm³/mol. The van der Waals surface area contributed by atoms with Crippen molar-refractivity contribution in [3.63, 3.8) is 0 Å². The Morgan fingerprint density at radius 2 is 2.23 bits per heavy atom. The molecule has 0 aromatic heterocycles. The number of hydrogen-bond donors (Lipinski definition) is 1. The van der Waals surface area contributed by atoms with Gasteiger partial charge >= 0.3 is 0 Å². The van der Waals surface area contributed by atoms with E-state index in [4.69, 9.17) is 0 Å². The number of rotatable bonds is 2. The van der Waals surface area contributed by atoms with Gasteiger partial charge in [-0.25, -0.2) is 0 Å². The monoisotopic (exact) mass is 182 g/mol. The Hall–Kier alpha value is -1.32. The van der Waals surface area contributed by atoms with Crippen LogP contribution in [0.5, 0.6) is 0 Å². The van der Waals surface area contributed by atoms with E-state index in [9.17, 15) is 9.59 Å². The van der Waals surface area contributed by atoms with Gasteiger partial charge < -0.3 is 10.2 Å². The number of carbonyl (C=O) groups is 2. The van der Waals surface area contributed by atoms with E-state index in [1.165, 1.54) is 6.92 Å². The Morgan fingerprint density at radius 1 is 1.54 bits per heavy atom. The van der Waals surface area contributed by atoms with Gasteiger partial charge in [0.15, 0.2) is 0 Å². The molecule has 1 fully saturated rings. The average molecular weight is 182 g/mol. The second kappa shape index (κ2) is 4.07. The molecule has 4 heteroatoms. The average Bonchev–Trinajstić information content (AvgIpc) is 2.52. The summed E-state index contributed by atoms with van der Waals surface area (Å²) < 4.78 is 0. The highest BCUT2D eigenvalue weighted by molar-refractivity contribution is 6.35. The highest BCUT2D eigenvalue weighted by atomic mass is 16.2. The van der Waals surface area contributed by atoms with Gasteiger partial charge in [0.25, 0.3) is 5.91 Å². The van der Waals surface area contributed by atoms with Crippen molar-refractivity contribution in [2.24, 2.45) is 0 Å². The molecule has 13 heavy (non-hydrogen) atoms. The van der Waals surface area contributed by atoms with Gasteiger partial charge in [0.1, 0.15) is 0 Å². The molecule has 0 unspecified atom stereocenters. The van der Waals surface area contributed by atoms with Crippen LogP contribution in [0.2, 0.25) is 0 Å². The van der Waals surface area contributed by atoms with Gasteiger partial charge in [-0.3, -0.25) is 9.59 Å². The maximum Gasteiger partial charge on any atom is 0.293 e. The second-order valence-electron chi connectivity index (χ2n) is 3.04.